The molecular formula is C11H20N2O5. The monoisotopic (exact) mass is 260 g/mol. The van der Waals surface area contributed by atoms with Gasteiger partial charge in [-0.2, -0.15) is 0 Å². The molecule has 18 heavy (non-hydrogen) atoms. The van der Waals surface area contributed by atoms with Crippen molar-refractivity contribution in [1.29, 1.82) is 0 Å². The molecule has 2 amide bonds. The van der Waals surface area contributed by atoms with E-state index in [0.29, 0.717) is 0 Å². The molecule has 0 saturated heterocycles. The van der Waals surface area contributed by atoms with Crippen molar-refractivity contribution in [3.8, 4) is 0 Å². The lowest BCUT2D eigenvalue weighted by atomic mass is 9.91. The highest BCUT2D eigenvalue weighted by Crippen LogP contribution is 2.24. The molecule has 1 aliphatic rings. The first-order chi connectivity index (χ1) is 8.47. The second-order valence-corrected chi connectivity index (χ2v) is 4.51. The second-order valence-electron chi connectivity index (χ2n) is 4.51. The van der Waals surface area contributed by atoms with Gasteiger partial charge in [-0.3, -0.25) is 0 Å². The number of carbonyl (C=O) groups excluding carboxylic acids is 1. The highest BCUT2D eigenvalue weighted by molar-refractivity contribution is 5.83. The molecule has 4 N–H and O–H groups in total. The number of aliphatic hydroxyl groups excluding tert-OH is 2. The van der Waals surface area contributed by atoms with E-state index in [-0.39, 0.29) is 19.2 Å². The summed E-state index contributed by atoms with van der Waals surface area (Å²) >= 11 is 0. The van der Waals surface area contributed by atoms with E-state index in [9.17, 15) is 14.7 Å². The molecule has 1 aliphatic carbocycles. The van der Waals surface area contributed by atoms with E-state index in [2.05, 4.69) is 5.32 Å². The molecule has 1 saturated carbocycles. The van der Waals surface area contributed by atoms with Gasteiger partial charge in [0, 0.05) is 12.6 Å². The van der Waals surface area contributed by atoms with Crippen molar-refractivity contribution in [2.24, 2.45) is 0 Å². The molecule has 2 atom stereocenters. The molecule has 0 aliphatic heterocycles. The lowest BCUT2D eigenvalue weighted by Gasteiger charge is -2.37. The molecule has 0 radical (unpaired) electrons. The third kappa shape index (κ3) is 3.58. The molecule has 0 aromatic rings. The zero-order chi connectivity index (χ0) is 13.7. The number of nitrogens with zero attached hydrogens (tertiary/aromatic N) is 1. The lowest BCUT2D eigenvalue weighted by Crippen LogP contribution is -2.56. The predicted molar refractivity (Wildman–Crippen MR) is 63.1 cm³/mol. The Bertz CT molecular complexity index is 304. The maximum atomic E-state index is 11.9. The molecular weight excluding hydrogens is 240 g/mol. The molecule has 2 unspecified atom stereocenters. The standard InChI is InChI=1S/C11H20N2O5/c1-7(15)9(10(16)17)12-11(18)13(5-6-14)8-3-2-4-8/h7-9,14-15H,2-6H2,1H3,(H,12,18)(H,16,17). The van der Waals surface area contributed by atoms with E-state index < -0.39 is 24.1 Å². The fraction of sp³-hybridized carbons (Fsp3) is 0.818. The molecule has 1 fully saturated rings. The van der Waals surface area contributed by atoms with Gasteiger partial charge in [0.25, 0.3) is 0 Å². The molecule has 0 aromatic carbocycles. The van der Waals surface area contributed by atoms with E-state index >= 15 is 0 Å². The number of amides is 2. The first kappa shape index (κ1) is 14.7. The topological polar surface area (TPSA) is 110 Å². The van der Waals surface area contributed by atoms with Crippen LogP contribution < -0.4 is 5.32 Å². The third-order valence-corrected chi connectivity index (χ3v) is 3.14. The Morgan fingerprint density at radius 2 is 2.06 bits per heavy atom. The van der Waals surface area contributed by atoms with Gasteiger partial charge in [-0.25, -0.2) is 9.59 Å². The highest BCUT2D eigenvalue weighted by Gasteiger charge is 2.32. The normalized spacial score (nSPS) is 18.6. The first-order valence-electron chi connectivity index (χ1n) is 6.06. The molecule has 0 heterocycles. The van der Waals surface area contributed by atoms with Crippen LogP contribution in [0.5, 0.6) is 0 Å². The maximum Gasteiger partial charge on any atom is 0.328 e. The Morgan fingerprint density at radius 3 is 2.39 bits per heavy atom. The lowest BCUT2D eigenvalue weighted by molar-refractivity contribution is -0.141. The van der Waals surface area contributed by atoms with Crippen LogP contribution in [0.3, 0.4) is 0 Å². The van der Waals surface area contributed by atoms with Crippen LogP contribution in [0.1, 0.15) is 26.2 Å². The van der Waals surface area contributed by atoms with Crippen molar-refractivity contribution in [2.45, 2.75) is 44.4 Å². The van der Waals surface area contributed by atoms with Crippen LogP contribution >= 0.6 is 0 Å². The van der Waals surface area contributed by atoms with Gasteiger partial charge in [-0.15, -0.1) is 0 Å². The number of carboxylic acids is 1. The predicted octanol–water partition coefficient (Wildman–Crippen LogP) is -0.623. The number of carbonyl (C=O) groups is 2. The molecule has 104 valence electrons. The average molecular weight is 260 g/mol. The number of hydrogen-bond donors (Lipinski definition) is 4. The van der Waals surface area contributed by atoms with Gasteiger partial charge >= 0.3 is 12.0 Å². The Labute approximate surface area is 105 Å². The van der Waals surface area contributed by atoms with Gasteiger partial charge in [-0.1, -0.05) is 0 Å². The molecule has 1 rings (SSSR count). The number of aliphatic hydroxyl groups is 2. The average Bonchev–Trinajstić information content (AvgIpc) is 2.21. The smallest absolute Gasteiger partial charge is 0.328 e. The van der Waals surface area contributed by atoms with Crippen LogP contribution in [-0.4, -0.2) is 63.6 Å². The van der Waals surface area contributed by atoms with Crippen LogP contribution in [0, 0.1) is 0 Å². The minimum Gasteiger partial charge on any atom is -0.480 e. The summed E-state index contributed by atoms with van der Waals surface area (Å²) in [5, 5.41) is 29.4. The number of nitrogens with one attached hydrogen (secondary N) is 1. The number of urea groups is 1. The van der Waals surface area contributed by atoms with Crippen molar-refractivity contribution in [3.63, 3.8) is 0 Å². The number of carboxylic acid groups (broad SMARTS) is 1. The summed E-state index contributed by atoms with van der Waals surface area (Å²) in [6.45, 7) is 1.30. The van der Waals surface area contributed by atoms with Crippen LogP contribution in [0.4, 0.5) is 4.79 Å². The van der Waals surface area contributed by atoms with Crippen molar-refractivity contribution in [1.82, 2.24) is 10.2 Å². The van der Waals surface area contributed by atoms with Gasteiger partial charge in [0.1, 0.15) is 0 Å². The number of hydrogen-bond acceptors (Lipinski definition) is 4. The van der Waals surface area contributed by atoms with Gasteiger partial charge in [-0.05, 0) is 26.2 Å². The summed E-state index contributed by atoms with van der Waals surface area (Å²) in [7, 11) is 0. The van der Waals surface area contributed by atoms with Crippen molar-refractivity contribution in [2.75, 3.05) is 13.2 Å². The third-order valence-electron chi connectivity index (χ3n) is 3.14. The molecule has 7 heteroatoms. The first-order valence-corrected chi connectivity index (χ1v) is 6.06. The fourth-order valence-corrected chi connectivity index (χ4v) is 1.86. The zero-order valence-corrected chi connectivity index (χ0v) is 10.4. The molecule has 0 aromatic heterocycles. The largest absolute Gasteiger partial charge is 0.480 e. The molecule has 0 spiro atoms. The SMILES string of the molecule is CC(O)C(NC(=O)N(CCO)C1CCC1)C(=O)O. The van der Waals surface area contributed by atoms with Crippen LogP contribution in [-0.2, 0) is 4.79 Å². The Hall–Kier alpha value is -1.34. The van der Waals surface area contributed by atoms with Crippen LogP contribution in [0.2, 0.25) is 0 Å². The summed E-state index contributed by atoms with van der Waals surface area (Å²) < 4.78 is 0. The van der Waals surface area contributed by atoms with E-state index in [4.69, 9.17) is 10.2 Å². The van der Waals surface area contributed by atoms with Crippen molar-refractivity contribution in [3.05, 3.63) is 0 Å². The Balaban J connectivity index is 2.61. The second kappa shape index (κ2) is 6.55. The summed E-state index contributed by atoms with van der Waals surface area (Å²) in [6.07, 6.45) is 1.57. The van der Waals surface area contributed by atoms with E-state index in [1.54, 1.807) is 0 Å². The minimum absolute atomic E-state index is 0.0561. The summed E-state index contributed by atoms with van der Waals surface area (Å²) in [5.74, 6) is -1.28. The summed E-state index contributed by atoms with van der Waals surface area (Å²) in [4.78, 5) is 24.2. The quantitative estimate of drug-likeness (QED) is 0.508. The fourth-order valence-electron chi connectivity index (χ4n) is 1.86. The Kier molecular flexibility index (Phi) is 5.36. The van der Waals surface area contributed by atoms with Gasteiger partial charge in [0.15, 0.2) is 6.04 Å². The zero-order valence-electron chi connectivity index (χ0n) is 10.4. The molecule has 0 bridgehead atoms. The van der Waals surface area contributed by atoms with Crippen LogP contribution in [0.15, 0.2) is 0 Å². The highest BCUT2D eigenvalue weighted by atomic mass is 16.4. The minimum atomic E-state index is -1.33. The van der Waals surface area contributed by atoms with E-state index in [1.807, 2.05) is 0 Å². The van der Waals surface area contributed by atoms with Crippen molar-refractivity contribution >= 4 is 12.0 Å². The van der Waals surface area contributed by atoms with Gasteiger partial charge in [0.2, 0.25) is 0 Å². The van der Waals surface area contributed by atoms with Gasteiger partial charge < -0.3 is 25.5 Å². The molecule has 7 nitrogen and oxygen atoms in total. The maximum absolute atomic E-state index is 11.9. The Morgan fingerprint density at radius 1 is 1.44 bits per heavy atom. The van der Waals surface area contributed by atoms with Gasteiger partial charge in [0.05, 0.1) is 12.7 Å². The van der Waals surface area contributed by atoms with Crippen molar-refractivity contribution < 1.29 is 24.9 Å². The van der Waals surface area contributed by atoms with E-state index in [0.717, 1.165) is 19.3 Å². The van der Waals surface area contributed by atoms with E-state index in [1.165, 1.54) is 11.8 Å². The summed E-state index contributed by atoms with van der Waals surface area (Å²) in [5.41, 5.74) is 0. The van der Waals surface area contributed by atoms with Crippen LogP contribution in [0.25, 0.3) is 0 Å². The number of aliphatic carboxylic acids is 1. The summed E-state index contributed by atoms with van der Waals surface area (Å²) in [6, 6.07) is -1.83. The number of rotatable bonds is 6.